The molecule has 7 heteroatoms. The molecule has 0 spiro atoms. The zero-order valence-electron chi connectivity index (χ0n) is 19.0. The lowest BCUT2D eigenvalue weighted by Crippen LogP contribution is -2.41. The van der Waals surface area contributed by atoms with Crippen molar-refractivity contribution in [3.8, 4) is 11.5 Å². The van der Waals surface area contributed by atoms with Crippen LogP contribution >= 0.6 is 24.0 Å². The van der Waals surface area contributed by atoms with Gasteiger partial charge in [0, 0.05) is 45.0 Å². The van der Waals surface area contributed by atoms with Gasteiger partial charge in [-0.2, -0.15) is 0 Å². The number of aryl methyl sites for hydroxylation is 1. The minimum Gasteiger partial charge on any atom is -0.497 e. The number of methoxy groups -OCH3 is 2. The summed E-state index contributed by atoms with van der Waals surface area (Å²) in [7, 11) is 5.25. The van der Waals surface area contributed by atoms with Gasteiger partial charge in [0.1, 0.15) is 11.5 Å². The second kappa shape index (κ2) is 12.6. The predicted octanol–water partition coefficient (Wildman–Crippen LogP) is 3.86. The highest BCUT2D eigenvalue weighted by Gasteiger charge is 2.23. The van der Waals surface area contributed by atoms with E-state index in [2.05, 4.69) is 57.8 Å². The molecule has 1 saturated heterocycles. The Hall–Kier alpha value is -2.16. The highest BCUT2D eigenvalue weighted by atomic mass is 127. The SMILES string of the molecule is CN=C(NCCc1cc(C)ccc1OC)NCC1CCN(c2cccc(OC)c2)C1.I. The fraction of sp³-hybridized carbons (Fsp3) is 0.458. The van der Waals surface area contributed by atoms with E-state index in [0.29, 0.717) is 5.92 Å². The van der Waals surface area contributed by atoms with Gasteiger partial charge in [0.05, 0.1) is 14.2 Å². The van der Waals surface area contributed by atoms with Crippen molar-refractivity contribution in [2.24, 2.45) is 10.9 Å². The third-order valence-corrected chi connectivity index (χ3v) is 5.61. The van der Waals surface area contributed by atoms with Crippen molar-refractivity contribution in [1.82, 2.24) is 10.6 Å². The smallest absolute Gasteiger partial charge is 0.190 e. The second-order valence-corrected chi connectivity index (χ2v) is 7.75. The van der Waals surface area contributed by atoms with Crippen molar-refractivity contribution >= 4 is 35.6 Å². The van der Waals surface area contributed by atoms with Crippen LogP contribution < -0.4 is 25.0 Å². The first-order valence-corrected chi connectivity index (χ1v) is 10.6. The molecule has 2 N–H and O–H groups in total. The lowest BCUT2D eigenvalue weighted by Gasteiger charge is -2.20. The van der Waals surface area contributed by atoms with Crippen molar-refractivity contribution < 1.29 is 9.47 Å². The Morgan fingerprint density at radius 2 is 1.97 bits per heavy atom. The molecule has 1 aliphatic heterocycles. The summed E-state index contributed by atoms with van der Waals surface area (Å²) in [5.41, 5.74) is 3.69. The number of nitrogens with one attached hydrogen (secondary N) is 2. The fourth-order valence-corrected chi connectivity index (χ4v) is 3.92. The lowest BCUT2D eigenvalue weighted by molar-refractivity contribution is 0.409. The minimum atomic E-state index is 0. The van der Waals surface area contributed by atoms with Crippen molar-refractivity contribution in [3.63, 3.8) is 0 Å². The number of benzene rings is 2. The maximum absolute atomic E-state index is 5.47. The van der Waals surface area contributed by atoms with Gasteiger partial charge in [-0.1, -0.05) is 23.8 Å². The second-order valence-electron chi connectivity index (χ2n) is 7.75. The molecule has 1 aliphatic rings. The van der Waals surface area contributed by atoms with Crippen molar-refractivity contribution in [1.29, 1.82) is 0 Å². The highest BCUT2D eigenvalue weighted by Crippen LogP contribution is 2.26. The van der Waals surface area contributed by atoms with E-state index in [1.54, 1.807) is 14.2 Å². The molecule has 2 aromatic carbocycles. The molecule has 0 aromatic heterocycles. The molecule has 6 nitrogen and oxygen atoms in total. The molecule has 31 heavy (non-hydrogen) atoms. The Labute approximate surface area is 203 Å². The van der Waals surface area contributed by atoms with E-state index in [1.807, 2.05) is 19.2 Å². The predicted molar refractivity (Wildman–Crippen MR) is 140 cm³/mol. The molecule has 1 atom stereocenters. The molecule has 1 heterocycles. The number of hydrogen-bond acceptors (Lipinski definition) is 4. The van der Waals surface area contributed by atoms with Crippen LogP contribution in [0, 0.1) is 12.8 Å². The molecule has 170 valence electrons. The summed E-state index contributed by atoms with van der Waals surface area (Å²) in [5.74, 6) is 3.28. The molecule has 0 bridgehead atoms. The molecule has 0 saturated carbocycles. The zero-order chi connectivity index (χ0) is 21.3. The number of rotatable bonds is 8. The van der Waals surface area contributed by atoms with Crippen LogP contribution in [0.3, 0.4) is 0 Å². The largest absolute Gasteiger partial charge is 0.497 e. The molecule has 0 radical (unpaired) electrons. The molecule has 2 aromatic rings. The molecule has 1 unspecified atom stereocenters. The van der Waals surface area contributed by atoms with E-state index >= 15 is 0 Å². The van der Waals surface area contributed by atoms with Crippen LogP contribution in [-0.4, -0.2) is 53.4 Å². The van der Waals surface area contributed by atoms with E-state index < -0.39 is 0 Å². The highest BCUT2D eigenvalue weighted by molar-refractivity contribution is 14.0. The summed E-state index contributed by atoms with van der Waals surface area (Å²) < 4.78 is 10.8. The van der Waals surface area contributed by atoms with Gasteiger partial charge in [-0.25, -0.2) is 0 Å². The van der Waals surface area contributed by atoms with Crippen LogP contribution in [-0.2, 0) is 6.42 Å². The quantitative estimate of drug-likeness (QED) is 0.304. The average Bonchev–Trinajstić information content (AvgIpc) is 3.25. The summed E-state index contributed by atoms with van der Waals surface area (Å²) >= 11 is 0. The van der Waals surface area contributed by atoms with Crippen LogP contribution in [0.15, 0.2) is 47.5 Å². The van der Waals surface area contributed by atoms with Gasteiger partial charge in [-0.05, 0) is 49.4 Å². The number of ether oxygens (including phenoxy) is 2. The molecule has 1 fully saturated rings. The first-order chi connectivity index (χ1) is 14.6. The molecule has 0 amide bonds. The van der Waals surface area contributed by atoms with Crippen molar-refractivity contribution in [3.05, 3.63) is 53.6 Å². The first-order valence-electron chi connectivity index (χ1n) is 10.6. The average molecular weight is 538 g/mol. The topological polar surface area (TPSA) is 58.1 Å². The molecular formula is C24H35IN4O2. The lowest BCUT2D eigenvalue weighted by atomic mass is 10.1. The number of hydrogen-bond donors (Lipinski definition) is 2. The third kappa shape index (κ3) is 7.19. The van der Waals surface area contributed by atoms with E-state index in [0.717, 1.165) is 50.1 Å². The Bertz CT molecular complexity index is 859. The van der Waals surface area contributed by atoms with Gasteiger partial charge in [0.2, 0.25) is 0 Å². The van der Waals surface area contributed by atoms with Crippen LogP contribution in [0.25, 0.3) is 0 Å². The van der Waals surface area contributed by atoms with Gasteiger partial charge in [-0.15, -0.1) is 24.0 Å². The van der Waals surface area contributed by atoms with E-state index in [-0.39, 0.29) is 24.0 Å². The summed E-state index contributed by atoms with van der Waals surface area (Å²) in [6.07, 6.45) is 2.06. The Balaban J connectivity index is 0.00000341. The maximum atomic E-state index is 5.47. The minimum absolute atomic E-state index is 0. The number of aliphatic imine (C=N–C) groups is 1. The fourth-order valence-electron chi connectivity index (χ4n) is 3.92. The molecule has 0 aliphatic carbocycles. The van der Waals surface area contributed by atoms with Crippen molar-refractivity contribution in [2.75, 3.05) is 52.3 Å². The molecule has 3 rings (SSSR count). The Morgan fingerprint density at radius 1 is 1.13 bits per heavy atom. The van der Waals surface area contributed by atoms with Crippen LogP contribution in [0.4, 0.5) is 5.69 Å². The van der Waals surface area contributed by atoms with Crippen LogP contribution in [0.1, 0.15) is 17.5 Å². The van der Waals surface area contributed by atoms with Crippen LogP contribution in [0.2, 0.25) is 0 Å². The van der Waals surface area contributed by atoms with Crippen molar-refractivity contribution in [2.45, 2.75) is 19.8 Å². The van der Waals surface area contributed by atoms with Gasteiger partial charge < -0.3 is 25.0 Å². The first kappa shape index (κ1) is 25.1. The van der Waals surface area contributed by atoms with E-state index in [9.17, 15) is 0 Å². The van der Waals surface area contributed by atoms with Gasteiger partial charge in [0.15, 0.2) is 5.96 Å². The number of halogens is 1. The standard InChI is InChI=1S/C24H34N4O2.HI/c1-18-8-9-23(30-4)20(14-18)10-12-26-24(25-2)27-16-19-11-13-28(17-19)21-6-5-7-22(15-21)29-3;/h5-9,14-15,19H,10-13,16-17H2,1-4H3,(H2,25,26,27);1H. The normalized spacial score (nSPS) is 15.9. The number of anilines is 1. The number of nitrogens with zero attached hydrogens (tertiary/aromatic N) is 2. The van der Waals surface area contributed by atoms with E-state index in [4.69, 9.17) is 9.47 Å². The van der Waals surface area contributed by atoms with Crippen LogP contribution in [0.5, 0.6) is 11.5 Å². The number of guanidine groups is 1. The summed E-state index contributed by atoms with van der Waals surface area (Å²) in [4.78, 5) is 6.80. The summed E-state index contributed by atoms with van der Waals surface area (Å²) in [6.45, 7) is 5.93. The summed E-state index contributed by atoms with van der Waals surface area (Å²) in [5, 5.41) is 6.91. The van der Waals surface area contributed by atoms with Gasteiger partial charge in [0.25, 0.3) is 0 Å². The zero-order valence-corrected chi connectivity index (χ0v) is 21.3. The summed E-state index contributed by atoms with van der Waals surface area (Å²) in [6, 6.07) is 14.6. The van der Waals surface area contributed by atoms with Gasteiger partial charge in [-0.3, -0.25) is 4.99 Å². The Kier molecular flexibility index (Phi) is 10.2. The van der Waals surface area contributed by atoms with Gasteiger partial charge >= 0.3 is 0 Å². The monoisotopic (exact) mass is 538 g/mol. The van der Waals surface area contributed by atoms with E-state index in [1.165, 1.54) is 23.2 Å². The molecular weight excluding hydrogens is 503 g/mol. The maximum Gasteiger partial charge on any atom is 0.190 e. The third-order valence-electron chi connectivity index (χ3n) is 5.61. The Morgan fingerprint density at radius 3 is 2.71 bits per heavy atom.